The van der Waals surface area contributed by atoms with E-state index >= 15 is 0 Å². The van der Waals surface area contributed by atoms with Crippen molar-refractivity contribution >= 4 is 11.9 Å². The first-order chi connectivity index (χ1) is 8.54. The Morgan fingerprint density at radius 2 is 2.17 bits per heavy atom. The highest BCUT2D eigenvalue weighted by molar-refractivity contribution is 5.77. The molecule has 1 heterocycles. The summed E-state index contributed by atoms with van der Waals surface area (Å²) in [5, 5.41) is 10.5. The van der Waals surface area contributed by atoms with E-state index in [2.05, 4.69) is 20.3 Å². The van der Waals surface area contributed by atoms with Gasteiger partial charge in [-0.3, -0.25) is 9.59 Å². The van der Waals surface area contributed by atoms with Crippen molar-refractivity contribution in [3.05, 3.63) is 6.33 Å². The predicted octanol–water partition coefficient (Wildman–Crippen LogP) is -0.527. The lowest BCUT2D eigenvalue weighted by atomic mass is 10.2. The highest BCUT2D eigenvalue weighted by Crippen LogP contribution is 2.03. The van der Waals surface area contributed by atoms with E-state index < -0.39 is 0 Å². The molecule has 0 unspecified atom stereocenters. The SMILES string of the molecule is COC(=O)CCN(C(=O)Cn1cnnn1)C(C)C. The fourth-order valence-corrected chi connectivity index (χ4v) is 1.47. The van der Waals surface area contributed by atoms with Crippen molar-refractivity contribution in [2.45, 2.75) is 32.9 Å². The molecular formula is C10H17N5O3. The number of ether oxygens (including phenoxy) is 1. The zero-order valence-electron chi connectivity index (χ0n) is 10.7. The van der Waals surface area contributed by atoms with Gasteiger partial charge < -0.3 is 9.64 Å². The Labute approximate surface area is 105 Å². The highest BCUT2D eigenvalue weighted by atomic mass is 16.5. The van der Waals surface area contributed by atoms with E-state index in [-0.39, 0.29) is 30.9 Å². The molecule has 18 heavy (non-hydrogen) atoms. The van der Waals surface area contributed by atoms with E-state index in [4.69, 9.17) is 0 Å². The van der Waals surface area contributed by atoms with Crippen LogP contribution < -0.4 is 0 Å². The summed E-state index contributed by atoms with van der Waals surface area (Å²) in [6.07, 6.45) is 1.55. The van der Waals surface area contributed by atoms with Crippen molar-refractivity contribution in [3.8, 4) is 0 Å². The number of tetrazole rings is 1. The Bertz CT molecular complexity index is 390. The second kappa shape index (κ2) is 6.67. The molecule has 0 N–H and O–H groups in total. The number of rotatable bonds is 6. The third-order valence-electron chi connectivity index (χ3n) is 2.42. The summed E-state index contributed by atoms with van der Waals surface area (Å²) in [5.41, 5.74) is 0. The van der Waals surface area contributed by atoms with Crippen LogP contribution in [-0.4, -0.2) is 56.7 Å². The number of hydrogen-bond acceptors (Lipinski definition) is 6. The molecule has 8 nitrogen and oxygen atoms in total. The van der Waals surface area contributed by atoms with Crippen LogP contribution in [0.3, 0.4) is 0 Å². The fraction of sp³-hybridized carbons (Fsp3) is 0.700. The maximum atomic E-state index is 12.0. The average Bonchev–Trinajstić information content (AvgIpc) is 2.81. The molecular weight excluding hydrogens is 238 g/mol. The van der Waals surface area contributed by atoms with Gasteiger partial charge in [-0.2, -0.15) is 0 Å². The largest absolute Gasteiger partial charge is 0.469 e. The third kappa shape index (κ3) is 4.11. The zero-order chi connectivity index (χ0) is 13.5. The second-order valence-electron chi connectivity index (χ2n) is 4.01. The predicted molar refractivity (Wildman–Crippen MR) is 61.3 cm³/mol. The lowest BCUT2D eigenvalue weighted by Gasteiger charge is -2.26. The molecule has 100 valence electrons. The first kappa shape index (κ1) is 14.1. The van der Waals surface area contributed by atoms with Crippen LogP contribution in [0, 0.1) is 0 Å². The van der Waals surface area contributed by atoms with Crippen LogP contribution in [0.5, 0.6) is 0 Å². The number of aromatic nitrogens is 4. The number of hydrogen-bond donors (Lipinski definition) is 0. The summed E-state index contributed by atoms with van der Waals surface area (Å²) in [4.78, 5) is 24.7. The van der Waals surface area contributed by atoms with Crippen LogP contribution >= 0.6 is 0 Å². The highest BCUT2D eigenvalue weighted by Gasteiger charge is 2.18. The summed E-state index contributed by atoms with van der Waals surface area (Å²) >= 11 is 0. The normalized spacial score (nSPS) is 10.4. The number of carbonyl (C=O) groups excluding carboxylic acids is 2. The molecule has 0 bridgehead atoms. The number of nitrogens with zero attached hydrogens (tertiary/aromatic N) is 5. The van der Waals surface area contributed by atoms with Crippen molar-refractivity contribution in [2.75, 3.05) is 13.7 Å². The lowest BCUT2D eigenvalue weighted by molar-refractivity contribution is -0.142. The van der Waals surface area contributed by atoms with Crippen LogP contribution in [0.4, 0.5) is 0 Å². The summed E-state index contributed by atoms with van der Waals surface area (Å²) in [6.45, 7) is 4.15. The molecule has 0 saturated carbocycles. The number of methoxy groups -OCH3 is 1. The van der Waals surface area contributed by atoms with Crippen LogP contribution in [0.2, 0.25) is 0 Å². The molecule has 0 aliphatic heterocycles. The molecule has 0 aromatic carbocycles. The van der Waals surface area contributed by atoms with Crippen molar-refractivity contribution in [1.82, 2.24) is 25.1 Å². The molecule has 8 heteroatoms. The minimum Gasteiger partial charge on any atom is -0.469 e. The van der Waals surface area contributed by atoms with Gasteiger partial charge in [0.25, 0.3) is 0 Å². The monoisotopic (exact) mass is 255 g/mol. The number of esters is 1. The maximum absolute atomic E-state index is 12.0. The lowest BCUT2D eigenvalue weighted by Crippen LogP contribution is -2.40. The zero-order valence-corrected chi connectivity index (χ0v) is 10.7. The quantitative estimate of drug-likeness (QED) is 0.635. The fourth-order valence-electron chi connectivity index (χ4n) is 1.47. The molecule has 0 atom stereocenters. The van der Waals surface area contributed by atoms with Crippen molar-refractivity contribution in [1.29, 1.82) is 0 Å². The molecule has 1 aromatic rings. The molecule has 0 radical (unpaired) electrons. The van der Waals surface area contributed by atoms with E-state index in [9.17, 15) is 9.59 Å². The van der Waals surface area contributed by atoms with Gasteiger partial charge in [-0.25, -0.2) is 4.68 Å². The first-order valence-corrected chi connectivity index (χ1v) is 5.61. The third-order valence-corrected chi connectivity index (χ3v) is 2.42. The molecule has 0 fully saturated rings. The van der Waals surface area contributed by atoms with Gasteiger partial charge in [0, 0.05) is 12.6 Å². The van der Waals surface area contributed by atoms with Gasteiger partial charge in [0.15, 0.2) is 0 Å². The average molecular weight is 255 g/mol. The summed E-state index contributed by atoms with van der Waals surface area (Å²) in [6, 6.07) is -0.00126. The number of carbonyl (C=O) groups is 2. The molecule has 0 aliphatic carbocycles. The van der Waals surface area contributed by atoms with Crippen LogP contribution in [-0.2, 0) is 20.9 Å². The smallest absolute Gasteiger partial charge is 0.307 e. The summed E-state index contributed by atoms with van der Waals surface area (Å²) in [5.74, 6) is -0.475. The standard InChI is InChI=1S/C10H17N5O3/c1-8(2)15(5-4-10(17)18-3)9(16)6-14-7-11-12-13-14/h7-8H,4-6H2,1-3H3. The van der Waals surface area contributed by atoms with Gasteiger partial charge in [-0.1, -0.05) is 0 Å². The van der Waals surface area contributed by atoms with Gasteiger partial charge in [0.2, 0.25) is 5.91 Å². The minimum atomic E-state index is -0.337. The van der Waals surface area contributed by atoms with E-state index in [1.165, 1.54) is 18.1 Å². The Morgan fingerprint density at radius 1 is 1.44 bits per heavy atom. The van der Waals surface area contributed by atoms with E-state index in [0.29, 0.717) is 6.54 Å². The van der Waals surface area contributed by atoms with E-state index in [1.54, 1.807) is 4.90 Å². The Hall–Kier alpha value is -1.99. The van der Waals surface area contributed by atoms with E-state index in [0.717, 1.165) is 0 Å². The van der Waals surface area contributed by atoms with E-state index in [1.807, 2.05) is 13.8 Å². The van der Waals surface area contributed by atoms with Crippen LogP contribution in [0.1, 0.15) is 20.3 Å². The van der Waals surface area contributed by atoms with Crippen LogP contribution in [0.25, 0.3) is 0 Å². The van der Waals surface area contributed by atoms with Crippen molar-refractivity contribution in [3.63, 3.8) is 0 Å². The topological polar surface area (TPSA) is 90.2 Å². The second-order valence-corrected chi connectivity index (χ2v) is 4.01. The Balaban J connectivity index is 2.55. The summed E-state index contributed by atoms with van der Waals surface area (Å²) in [7, 11) is 1.32. The maximum Gasteiger partial charge on any atom is 0.307 e. The molecule has 0 aliphatic rings. The molecule has 0 saturated heterocycles. The van der Waals surface area contributed by atoms with Gasteiger partial charge in [0.1, 0.15) is 12.9 Å². The van der Waals surface area contributed by atoms with Gasteiger partial charge in [0.05, 0.1) is 13.5 Å². The Morgan fingerprint density at radius 3 is 2.67 bits per heavy atom. The molecule has 1 rings (SSSR count). The summed E-state index contributed by atoms with van der Waals surface area (Å²) < 4.78 is 5.89. The Kier molecular flexibility index (Phi) is 5.22. The van der Waals surface area contributed by atoms with Crippen molar-refractivity contribution < 1.29 is 14.3 Å². The first-order valence-electron chi connectivity index (χ1n) is 5.61. The van der Waals surface area contributed by atoms with Gasteiger partial charge in [-0.05, 0) is 24.3 Å². The molecule has 0 spiro atoms. The van der Waals surface area contributed by atoms with Gasteiger partial charge in [-0.15, -0.1) is 5.10 Å². The van der Waals surface area contributed by atoms with Crippen LogP contribution in [0.15, 0.2) is 6.33 Å². The van der Waals surface area contributed by atoms with Crippen molar-refractivity contribution in [2.24, 2.45) is 0 Å². The molecule has 1 aromatic heterocycles. The molecule has 1 amide bonds. The number of amides is 1. The minimum absolute atomic E-state index is 0.00126. The van der Waals surface area contributed by atoms with Gasteiger partial charge >= 0.3 is 5.97 Å².